The number of fused-ring (bicyclic) bond motifs is 2. The molecule has 20 heavy (non-hydrogen) atoms. The molecule has 1 aromatic heterocycles. The third-order valence-electron chi connectivity index (χ3n) is 4.31. The summed E-state index contributed by atoms with van der Waals surface area (Å²) >= 11 is 3.47. The number of carbonyl (C=O) groups is 1. The monoisotopic (exact) mass is 361 g/mol. The molecular weight excluding hydrogens is 342 g/mol. The summed E-state index contributed by atoms with van der Waals surface area (Å²) in [5, 5.41) is 3.44. The maximum atomic E-state index is 12.9. The van der Waals surface area contributed by atoms with Gasteiger partial charge in [0.25, 0.3) is 5.91 Å². The molecule has 2 unspecified atom stereocenters. The Labute approximate surface area is 134 Å². The molecule has 0 aromatic carbocycles. The van der Waals surface area contributed by atoms with Gasteiger partial charge in [-0.3, -0.25) is 4.79 Å². The van der Waals surface area contributed by atoms with E-state index in [0.29, 0.717) is 12.1 Å². The largest absolute Gasteiger partial charge is 0.343 e. The maximum Gasteiger partial charge on any atom is 0.271 e. The molecule has 0 aliphatic carbocycles. The van der Waals surface area contributed by atoms with E-state index in [1.54, 1.807) is 0 Å². The van der Waals surface area contributed by atoms with E-state index in [4.69, 9.17) is 0 Å². The van der Waals surface area contributed by atoms with E-state index in [-0.39, 0.29) is 18.3 Å². The van der Waals surface area contributed by atoms with Crippen LogP contribution in [0.2, 0.25) is 0 Å². The van der Waals surface area contributed by atoms with Gasteiger partial charge in [-0.1, -0.05) is 0 Å². The second-order valence-corrected chi connectivity index (χ2v) is 6.34. The first-order valence-electron chi connectivity index (χ1n) is 7.09. The molecule has 0 spiro atoms. The Balaban J connectivity index is 0.00000147. The summed E-state index contributed by atoms with van der Waals surface area (Å²) < 4.78 is 3.02. The molecule has 2 fully saturated rings. The molecule has 2 saturated heterocycles. The molecule has 3 rings (SSSR count). The Kier molecular flexibility index (Phi) is 5.15. The second-order valence-electron chi connectivity index (χ2n) is 5.42. The number of halogens is 2. The van der Waals surface area contributed by atoms with Gasteiger partial charge in [-0.15, -0.1) is 12.4 Å². The number of hydrogen-bond acceptors (Lipinski definition) is 2. The van der Waals surface area contributed by atoms with Crippen LogP contribution in [0.25, 0.3) is 0 Å². The third kappa shape index (κ3) is 2.76. The molecule has 4 nitrogen and oxygen atoms in total. The maximum absolute atomic E-state index is 12.9. The summed E-state index contributed by atoms with van der Waals surface area (Å²) in [6.07, 6.45) is 5.37. The van der Waals surface area contributed by atoms with Crippen molar-refractivity contribution in [2.75, 3.05) is 13.1 Å². The summed E-state index contributed by atoms with van der Waals surface area (Å²) in [5.41, 5.74) is 0.813. The minimum atomic E-state index is 0. The zero-order valence-electron chi connectivity index (χ0n) is 11.6. The number of aromatic nitrogens is 1. The van der Waals surface area contributed by atoms with Gasteiger partial charge in [-0.2, -0.15) is 0 Å². The van der Waals surface area contributed by atoms with Gasteiger partial charge in [0.1, 0.15) is 5.69 Å². The van der Waals surface area contributed by atoms with Crippen molar-refractivity contribution in [1.82, 2.24) is 14.8 Å². The van der Waals surface area contributed by atoms with Gasteiger partial charge in [-0.05, 0) is 54.7 Å². The first-order valence-corrected chi connectivity index (χ1v) is 7.89. The molecule has 2 aliphatic rings. The first-order chi connectivity index (χ1) is 9.20. The van der Waals surface area contributed by atoms with Crippen LogP contribution in [-0.4, -0.2) is 40.5 Å². The Bertz CT molecular complexity index is 477. The zero-order valence-corrected chi connectivity index (χ0v) is 14.0. The highest BCUT2D eigenvalue weighted by Gasteiger charge is 2.39. The number of rotatable bonds is 2. The normalized spacial score (nSPS) is 25.2. The minimum absolute atomic E-state index is 0. The topological polar surface area (TPSA) is 37.3 Å². The van der Waals surface area contributed by atoms with Crippen molar-refractivity contribution in [3.8, 4) is 0 Å². The van der Waals surface area contributed by atoms with Gasteiger partial charge < -0.3 is 14.8 Å². The van der Waals surface area contributed by atoms with Crippen molar-refractivity contribution in [3.05, 3.63) is 22.4 Å². The first kappa shape index (κ1) is 15.9. The average Bonchev–Trinajstić information content (AvgIpc) is 2.87. The van der Waals surface area contributed by atoms with Crippen LogP contribution in [0.4, 0.5) is 0 Å². The highest BCUT2D eigenvalue weighted by atomic mass is 79.9. The number of hydrogen-bond donors (Lipinski definition) is 1. The predicted octanol–water partition coefficient (Wildman–Crippen LogP) is 2.66. The molecule has 2 atom stereocenters. The van der Waals surface area contributed by atoms with Crippen LogP contribution in [0.15, 0.2) is 16.7 Å². The van der Waals surface area contributed by atoms with E-state index < -0.39 is 0 Å². The van der Waals surface area contributed by atoms with Crippen LogP contribution in [-0.2, 0) is 6.54 Å². The van der Waals surface area contributed by atoms with Gasteiger partial charge in [0, 0.05) is 35.8 Å². The molecule has 2 bridgehead atoms. The van der Waals surface area contributed by atoms with Gasteiger partial charge in [0.15, 0.2) is 0 Å². The smallest absolute Gasteiger partial charge is 0.271 e. The van der Waals surface area contributed by atoms with Crippen LogP contribution >= 0.6 is 28.3 Å². The lowest BCUT2D eigenvalue weighted by molar-refractivity contribution is 0.0669. The van der Waals surface area contributed by atoms with Gasteiger partial charge in [-0.25, -0.2) is 0 Å². The van der Waals surface area contributed by atoms with Gasteiger partial charge >= 0.3 is 0 Å². The molecule has 1 aromatic rings. The highest BCUT2D eigenvalue weighted by molar-refractivity contribution is 9.10. The fourth-order valence-electron chi connectivity index (χ4n) is 3.36. The van der Waals surface area contributed by atoms with E-state index >= 15 is 0 Å². The Morgan fingerprint density at radius 2 is 2.15 bits per heavy atom. The van der Waals surface area contributed by atoms with Crippen molar-refractivity contribution < 1.29 is 4.79 Å². The summed E-state index contributed by atoms with van der Waals surface area (Å²) in [6.45, 7) is 4.87. The fourth-order valence-corrected chi connectivity index (χ4v) is 3.83. The summed E-state index contributed by atoms with van der Waals surface area (Å²) in [7, 11) is 0. The van der Waals surface area contributed by atoms with Crippen molar-refractivity contribution >= 4 is 34.2 Å². The Morgan fingerprint density at radius 3 is 2.90 bits per heavy atom. The zero-order chi connectivity index (χ0) is 13.4. The van der Waals surface area contributed by atoms with Crippen molar-refractivity contribution in [1.29, 1.82) is 0 Å². The number of carbonyl (C=O) groups excluding carboxylic acids is 1. The molecule has 3 heterocycles. The molecule has 6 heteroatoms. The van der Waals surface area contributed by atoms with Gasteiger partial charge in [0.05, 0.1) is 0 Å². The van der Waals surface area contributed by atoms with E-state index in [1.165, 1.54) is 0 Å². The van der Waals surface area contributed by atoms with Crippen molar-refractivity contribution in [2.45, 2.75) is 44.8 Å². The Morgan fingerprint density at radius 1 is 1.40 bits per heavy atom. The quantitative estimate of drug-likeness (QED) is 0.878. The molecule has 0 saturated carbocycles. The lowest BCUT2D eigenvalue weighted by Crippen LogP contribution is -2.43. The molecule has 2 aliphatic heterocycles. The van der Waals surface area contributed by atoms with Crippen LogP contribution in [0.1, 0.15) is 36.7 Å². The van der Waals surface area contributed by atoms with E-state index in [0.717, 1.165) is 49.1 Å². The average molecular weight is 363 g/mol. The predicted molar refractivity (Wildman–Crippen MR) is 85.5 cm³/mol. The number of aryl methyl sites for hydroxylation is 1. The van der Waals surface area contributed by atoms with E-state index in [2.05, 4.69) is 33.1 Å². The lowest BCUT2D eigenvalue weighted by atomic mass is 10.1. The molecule has 1 amide bonds. The summed E-state index contributed by atoms with van der Waals surface area (Å²) in [4.78, 5) is 15.0. The lowest BCUT2D eigenvalue weighted by Gasteiger charge is -2.28. The Hall–Kier alpha value is -0.520. The van der Waals surface area contributed by atoms with E-state index in [1.807, 2.05) is 16.8 Å². The van der Waals surface area contributed by atoms with Crippen LogP contribution in [0.5, 0.6) is 0 Å². The minimum Gasteiger partial charge on any atom is -0.343 e. The number of nitrogens with zero attached hydrogens (tertiary/aromatic N) is 2. The van der Waals surface area contributed by atoms with Crippen LogP contribution in [0.3, 0.4) is 0 Å². The van der Waals surface area contributed by atoms with E-state index in [9.17, 15) is 4.79 Å². The molecule has 112 valence electrons. The van der Waals surface area contributed by atoms with Crippen LogP contribution < -0.4 is 5.32 Å². The summed E-state index contributed by atoms with van der Waals surface area (Å²) in [5.74, 6) is 0.198. The van der Waals surface area contributed by atoms with Crippen molar-refractivity contribution in [2.24, 2.45) is 0 Å². The third-order valence-corrected chi connectivity index (χ3v) is 4.75. The SMILES string of the molecule is CCn1cc(Br)cc1C(=O)N1C2CCNCC1CC2.Cl. The highest BCUT2D eigenvalue weighted by Crippen LogP contribution is 2.30. The molecule has 1 N–H and O–H groups in total. The van der Waals surface area contributed by atoms with Crippen LogP contribution in [0, 0.1) is 0 Å². The fraction of sp³-hybridized carbons (Fsp3) is 0.643. The standard InChI is InChI=1S/C14H20BrN3O.ClH/c1-2-17-9-10(15)7-13(17)14(19)18-11-3-4-12(18)8-16-6-5-11;/h7,9,11-12,16H,2-6,8H2,1H3;1H. The number of nitrogens with one attached hydrogen (secondary N) is 1. The summed E-state index contributed by atoms with van der Waals surface area (Å²) in [6, 6.07) is 2.74. The molecular formula is C14H21BrClN3O. The number of amides is 1. The second kappa shape index (κ2) is 6.50. The molecule has 0 radical (unpaired) electrons. The van der Waals surface area contributed by atoms with Crippen molar-refractivity contribution in [3.63, 3.8) is 0 Å². The van der Waals surface area contributed by atoms with Gasteiger partial charge in [0.2, 0.25) is 0 Å².